The summed E-state index contributed by atoms with van der Waals surface area (Å²) in [5, 5.41) is 12.2. The van der Waals surface area contributed by atoms with E-state index in [1.165, 1.54) is 6.92 Å². The zero-order chi connectivity index (χ0) is 25.3. The van der Waals surface area contributed by atoms with Crippen LogP contribution < -0.4 is 4.74 Å². The van der Waals surface area contributed by atoms with E-state index in [1.807, 2.05) is 25.2 Å². The number of aliphatic hydroxyl groups excluding tert-OH is 1. The molecule has 35 heavy (non-hydrogen) atoms. The zero-order valence-corrected chi connectivity index (χ0v) is 21.9. The molecule has 2 aromatic carbocycles. The van der Waals surface area contributed by atoms with Crippen molar-refractivity contribution in [3.63, 3.8) is 0 Å². The predicted molar refractivity (Wildman–Crippen MR) is 137 cm³/mol. The van der Waals surface area contributed by atoms with Gasteiger partial charge in [-0.15, -0.1) is 0 Å². The third kappa shape index (κ3) is 5.51. The summed E-state index contributed by atoms with van der Waals surface area (Å²) < 4.78 is 5.37. The van der Waals surface area contributed by atoms with E-state index in [2.05, 4.69) is 18.0 Å². The third-order valence-electron chi connectivity index (χ3n) is 7.69. The van der Waals surface area contributed by atoms with Crippen molar-refractivity contribution >= 4 is 35.1 Å². The lowest BCUT2D eigenvalue weighted by Crippen LogP contribution is -2.60. The third-order valence-corrected chi connectivity index (χ3v) is 8.43. The highest BCUT2D eigenvalue weighted by atomic mass is 35.5. The number of carbonyl (C=O) groups excluding carboxylic acids is 2. The molecule has 4 atom stereocenters. The quantitative estimate of drug-likeness (QED) is 0.471. The van der Waals surface area contributed by atoms with Gasteiger partial charge in [-0.3, -0.25) is 9.59 Å². The van der Waals surface area contributed by atoms with E-state index in [9.17, 15) is 14.7 Å². The van der Waals surface area contributed by atoms with E-state index in [4.69, 9.17) is 27.9 Å². The lowest BCUT2D eigenvalue weighted by molar-refractivity contribution is -0.136. The Hall–Kier alpha value is -2.12. The van der Waals surface area contributed by atoms with Gasteiger partial charge in [-0.2, -0.15) is 0 Å². The topological polar surface area (TPSA) is 70.1 Å². The molecular formula is C27H32Cl2N2O4. The van der Waals surface area contributed by atoms with Gasteiger partial charge >= 0.3 is 5.97 Å². The normalized spacial score (nSPS) is 26.6. The van der Waals surface area contributed by atoms with Crippen molar-refractivity contribution in [2.24, 2.45) is 5.92 Å². The minimum atomic E-state index is -0.561. The number of halogens is 2. The van der Waals surface area contributed by atoms with E-state index < -0.39 is 6.10 Å². The number of ether oxygens (including phenoxy) is 1. The Bertz CT molecular complexity index is 1110. The van der Waals surface area contributed by atoms with Gasteiger partial charge in [-0.1, -0.05) is 41.4 Å². The van der Waals surface area contributed by atoms with Crippen LogP contribution >= 0.6 is 23.2 Å². The first-order valence-electron chi connectivity index (χ1n) is 11.9. The molecule has 4 rings (SSSR count). The monoisotopic (exact) mass is 518 g/mol. The number of carbonyl (C=O) groups is 2. The van der Waals surface area contributed by atoms with Gasteiger partial charge in [0.25, 0.3) is 0 Å². The van der Waals surface area contributed by atoms with Crippen molar-refractivity contribution in [1.29, 1.82) is 0 Å². The number of piperidine rings is 1. The molecule has 0 bridgehead atoms. The Kier molecular flexibility index (Phi) is 7.77. The number of esters is 1. The minimum absolute atomic E-state index is 0.0173. The Morgan fingerprint density at radius 1 is 1.20 bits per heavy atom. The smallest absolute Gasteiger partial charge is 0.308 e. The van der Waals surface area contributed by atoms with Gasteiger partial charge in [0.2, 0.25) is 5.91 Å². The molecular weight excluding hydrogens is 487 g/mol. The molecule has 1 N–H and O–H groups in total. The molecule has 1 amide bonds. The highest BCUT2D eigenvalue weighted by Gasteiger charge is 2.52. The summed E-state index contributed by atoms with van der Waals surface area (Å²) in [5.41, 5.74) is 1.51. The number of nitrogens with zero attached hydrogens (tertiary/aromatic N) is 2. The molecule has 2 fully saturated rings. The van der Waals surface area contributed by atoms with Crippen LogP contribution in [-0.2, 0) is 21.4 Å². The average molecular weight is 519 g/mol. The van der Waals surface area contributed by atoms with E-state index >= 15 is 0 Å². The molecule has 6 nitrogen and oxygen atoms in total. The summed E-state index contributed by atoms with van der Waals surface area (Å²) >= 11 is 12.2. The lowest BCUT2D eigenvalue weighted by Gasteiger charge is -2.55. The number of amides is 1. The molecule has 1 saturated heterocycles. The van der Waals surface area contributed by atoms with Crippen LogP contribution in [0, 0.1) is 5.92 Å². The maximum absolute atomic E-state index is 13.2. The SMILES string of the molecule is CC(=O)Oc1cccc([C@@]23CCN(C)C[C@H]2C(O)C[C@H](N(C)C(=O)Cc2ccc(Cl)c(Cl)c2)C3)c1. The molecule has 0 aromatic heterocycles. The largest absolute Gasteiger partial charge is 0.427 e. The zero-order valence-electron chi connectivity index (χ0n) is 20.3. The second-order valence-electron chi connectivity index (χ2n) is 9.99. The van der Waals surface area contributed by atoms with Gasteiger partial charge in [0.1, 0.15) is 5.75 Å². The second-order valence-corrected chi connectivity index (χ2v) is 10.8. The number of hydrogen-bond donors (Lipinski definition) is 1. The first-order chi connectivity index (χ1) is 16.6. The maximum atomic E-state index is 13.2. The van der Waals surface area contributed by atoms with Crippen LogP contribution in [0.3, 0.4) is 0 Å². The number of aliphatic hydroxyl groups is 1. The van der Waals surface area contributed by atoms with Crippen molar-refractivity contribution in [1.82, 2.24) is 9.80 Å². The first-order valence-corrected chi connectivity index (χ1v) is 12.7. The van der Waals surface area contributed by atoms with Crippen molar-refractivity contribution in [3.8, 4) is 5.75 Å². The van der Waals surface area contributed by atoms with Gasteiger partial charge in [-0.05, 0) is 68.2 Å². The Balaban J connectivity index is 1.62. The van der Waals surface area contributed by atoms with Gasteiger partial charge in [0.05, 0.1) is 22.6 Å². The predicted octanol–water partition coefficient (Wildman–Crippen LogP) is 4.33. The summed E-state index contributed by atoms with van der Waals surface area (Å²) in [4.78, 5) is 28.8. The second kappa shape index (κ2) is 10.5. The standard InChI is InChI=1S/C27H32Cl2N2O4/c1-17(32)35-21-6-4-5-19(13-21)27-9-10-30(2)16-22(27)25(33)14-20(15-27)31(3)26(34)12-18-7-8-23(28)24(29)11-18/h4-8,11,13,20,22,25,33H,9-10,12,14-16H2,1-3H3/t20-,22-,25?,27-/m0/s1. The number of fused-ring (bicyclic) bond motifs is 1. The van der Waals surface area contributed by atoms with Gasteiger partial charge in [0, 0.05) is 37.9 Å². The van der Waals surface area contributed by atoms with E-state index in [1.54, 1.807) is 23.1 Å². The van der Waals surface area contributed by atoms with Gasteiger partial charge < -0.3 is 19.6 Å². The molecule has 0 spiro atoms. The summed E-state index contributed by atoms with van der Waals surface area (Å²) in [6.45, 7) is 3.04. The number of hydrogen-bond acceptors (Lipinski definition) is 5. The van der Waals surface area contributed by atoms with Gasteiger partial charge in [0.15, 0.2) is 0 Å². The molecule has 1 unspecified atom stereocenters. The minimum Gasteiger partial charge on any atom is -0.427 e. The summed E-state index contributed by atoms with van der Waals surface area (Å²) in [5.74, 6) is 0.121. The Labute approximate surface area is 216 Å². The molecule has 2 aromatic rings. The van der Waals surface area contributed by atoms with Crippen LogP contribution in [0.4, 0.5) is 0 Å². The van der Waals surface area contributed by atoms with Crippen LogP contribution in [0.25, 0.3) is 0 Å². The van der Waals surface area contributed by atoms with Crippen LogP contribution in [0.15, 0.2) is 42.5 Å². The average Bonchev–Trinajstić information content (AvgIpc) is 2.81. The van der Waals surface area contributed by atoms with E-state index in [0.29, 0.717) is 22.2 Å². The van der Waals surface area contributed by atoms with Crippen LogP contribution in [0.1, 0.15) is 37.3 Å². The fraction of sp³-hybridized carbons (Fsp3) is 0.481. The number of likely N-dealkylation sites (tertiary alicyclic amines) is 1. The van der Waals surface area contributed by atoms with Crippen molar-refractivity contribution in [2.75, 3.05) is 27.2 Å². The molecule has 1 aliphatic heterocycles. The fourth-order valence-corrected chi connectivity index (χ4v) is 6.15. The first kappa shape index (κ1) is 26.0. The van der Waals surface area contributed by atoms with Crippen LogP contribution in [-0.4, -0.2) is 66.1 Å². The van der Waals surface area contributed by atoms with Gasteiger partial charge in [-0.25, -0.2) is 0 Å². The van der Waals surface area contributed by atoms with Crippen LogP contribution in [0.2, 0.25) is 10.0 Å². The van der Waals surface area contributed by atoms with Crippen LogP contribution in [0.5, 0.6) is 5.75 Å². The molecule has 2 aliphatic rings. The number of likely N-dealkylation sites (N-methyl/N-ethyl adjacent to an activating group) is 1. The molecule has 8 heteroatoms. The summed E-state index contributed by atoms with van der Waals surface area (Å²) in [7, 11) is 3.89. The highest BCUT2D eigenvalue weighted by Crippen LogP contribution is 2.50. The van der Waals surface area contributed by atoms with Crippen molar-refractivity contribution < 1.29 is 19.4 Å². The van der Waals surface area contributed by atoms with E-state index in [0.717, 1.165) is 37.1 Å². The number of rotatable bonds is 5. The molecule has 1 heterocycles. The summed E-state index contributed by atoms with van der Waals surface area (Å²) in [6, 6.07) is 12.7. The Morgan fingerprint density at radius 3 is 2.69 bits per heavy atom. The summed E-state index contributed by atoms with van der Waals surface area (Å²) in [6.07, 6.45) is 1.75. The maximum Gasteiger partial charge on any atom is 0.308 e. The molecule has 1 saturated carbocycles. The van der Waals surface area contributed by atoms with Crippen molar-refractivity contribution in [2.45, 2.75) is 50.2 Å². The number of benzene rings is 2. The lowest BCUT2D eigenvalue weighted by atomic mass is 9.57. The van der Waals surface area contributed by atoms with Crippen molar-refractivity contribution in [3.05, 3.63) is 63.6 Å². The molecule has 1 aliphatic carbocycles. The molecule has 0 radical (unpaired) electrons. The Morgan fingerprint density at radius 2 is 1.97 bits per heavy atom. The fourth-order valence-electron chi connectivity index (χ4n) is 5.83. The molecule has 188 valence electrons. The van der Waals surface area contributed by atoms with E-state index in [-0.39, 0.29) is 35.7 Å². The highest BCUT2D eigenvalue weighted by molar-refractivity contribution is 6.42.